The molecule has 0 fully saturated rings. The van der Waals surface area contributed by atoms with Gasteiger partial charge in [-0.05, 0) is 17.7 Å². The van der Waals surface area contributed by atoms with Crippen LogP contribution >= 0.6 is 11.3 Å². The van der Waals surface area contributed by atoms with Crippen LogP contribution in [0.4, 0.5) is 0 Å². The maximum absolute atomic E-state index is 5.92. The first kappa shape index (κ1) is 17.1. The van der Waals surface area contributed by atoms with Crippen LogP contribution in [-0.4, -0.2) is 31.7 Å². The molecule has 1 aromatic carbocycles. The first-order valence-electron chi connectivity index (χ1n) is 7.28. The van der Waals surface area contributed by atoms with Gasteiger partial charge in [0.1, 0.15) is 0 Å². The van der Waals surface area contributed by atoms with E-state index in [-0.39, 0.29) is 0 Å². The Kier molecular flexibility index (Phi) is 6.22. The highest BCUT2D eigenvalue weighted by Gasteiger charge is 2.08. The molecule has 1 aromatic heterocycles. The van der Waals surface area contributed by atoms with Crippen LogP contribution in [0.5, 0.6) is 11.5 Å². The van der Waals surface area contributed by atoms with Gasteiger partial charge in [-0.2, -0.15) is 0 Å². The van der Waals surface area contributed by atoms with Gasteiger partial charge in [0.25, 0.3) is 0 Å². The van der Waals surface area contributed by atoms with E-state index in [1.54, 1.807) is 25.6 Å². The molecule has 124 valence electrons. The van der Waals surface area contributed by atoms with E-state index in [2.05, 4.69) is 22.2 Å². The number of methoxy groups -OCH3 is 2. The Hall–Kier alpha value is -2.28. The average Bonchev–Trinajstić information content (AvgIpc) is 3.12. The lowest BCUT2D eigenvalue weighted by Gasteiger charge is -2.11. The van der Waals surface area contributed by atoms with Crippen LogP contribution in [0.15, 0.2) is 34.8 Å². The molecule has 0 spiro atoms. The predicted octanol–water partition coefficient (Wildman–Crippen LogP) is 2.37. The lowest BCUT2D eigenvalue weighted by atomic mass is 10.2. The molecule has 0 aliphatic heterocycles. The number of hydrogen-bond acceptors (Lipinski definition) is 5. The van der Waals surface area contributed by atoms with E-state index in [4.69, 9.17) is 15.2 Å². The number of nitrogens with zero attached hydrogens (tertiary/aromatic N) is 2. The van der Waals surface area contributed by atoms with Crippen molar-refractivity contribution in [1.82, 2.24) is 10.3 Å². The smallest absolute Gasteiger partial charge is 0.188 e. The summed E-state index contributed by atoms with van der Waals surface area (Å²) < 4.78 is 10.5. The van der Waals surface area contributed by atoms with E-state index in [0.717, 1.165) is 10.6 Å². The summed E-state index contributed by atoms with van der Waals surface area (Å²) in [4.78, 5) is 8.64. The monoisotopic (exact) mass is 334 g/mol. The van der Waals surface area contributed by atoms with E-state index in [1.165, 1.54) is 0 Å². The van der Waals surface area contributed by atoms with Gasteiger partial charge in [-0.25, -0.2) is 9.98 Å². The summed E-state index contributed by atoms with van der Waals surface area (Å²) in [7, 11) is 3.22. The van der Waals surface area contributed by atoms with Crippen LogP contribution < -0.4 is 20.5 Å². The summed E-state index contributed by atoms with van der Waals surface area (Å²) in [6.07, 6.45) is 1.81. The summed E-state index contributed by atoms with van der Waals surface area (Å²) in [5.74, 6) is 2.10. The maximum atomic E-state index is 5.92. The molecule has 6 nitrogen and oxygen atoms in total. The van der Waals surface area contributed by atoms with Crippen molar-refractivity contribution in [3.63, 3.8) is 0 Å². The fourth-order valence-electron chi connectivity index (χ4n) is 2.03. The summed E-state index contributed by atoms with van der Waals surface area (Å²) in [6, 6.07) is 5.70. The van der Waals surface area contributed by atoms with Gasteiger partial charge in [-0.3, -0.25) is 0 Å². The third kappa shape index (κ3) is 4.85. The van der Waals surface area contributed by atoms with Crippen molar-refractivity contribution in [2.24, 2.45) is 10.7 Å². The standard InChI is InChI=1S/C16H22N4O2S/c1-11(15-18-6-7-23-15)9-19-16(17)20-10-12-4-5-13(21-2)14(8-12)22-3/h4-8,11H,9-10H2,1-3H3,(H3,17,19,20). The van der Waals surface area contributed by atoms with E-state index in [0.29, 0.717) is 36.5 Å². The molecule has 0 radical (unpaired) electrons. The Morgan fingerprint density at radius 1 is 1.35 bits per heavy atom. The third-order valence-electron chi connectivity index (χ3n) is 3.34. The highest BCUT2D eigenvalue weighted by atomic mass is 32.1. The number of hydrogen-bond donors (Lipinski definition) is 2. The molecule has 7 heteroatoms. The molecule has 0 saturated carbocycles. The number of ether oxygens (including phenoxy) is 2. The number of benzene rings is 1. The molecule has 0 amide bonds. The Bertz CT molecular complexity index is 644. The summed E-state index contributed by atoms with van der Waals surface area (Å²) in [5, 5.41) is 6.19. The minimum Gasteiger partial charge on any atom is -0.493 e. The van der Waals surface area contributed by atoms with Gasteiger partial charge in [0, 0.05) is 24.0 Å². The molecule has 0 saturated heterocycles. The molecule has 2 rings (SSSR count). The largest absolute Gasteiger partial charge is 0.493 e. The molecule has 0 aliphatic carbocycles. The van der Waals surface area contributed by atoms with Crippen LogP contribution in [0.25, 0.3) is 0 Å². The molecule has 0 aliphatic rings. The Labute approximate surface area is 140 Å². The van der Waals surface area contributed by atoms with Crippen molar-refractivity contribution < 1.29 is 9.47 Å². The fourth-order valence-corrected chi connectivity index (χ4v) is 2.73. The molecule has 1 unspecified atom stereocenters. The maximum Gasteiger partial charge on any atom is 0.188 e. The van der Waals surface area contributed by atoms with Crippen LogP contribution in [-0.2, 0) is 6.54 Å². The minimum atomic E-state index is 0.296. The molecule has 23 heavy (non-hydrogen) atoms. The van der Waals surface area contributed by atoms with E-state index < -0.39 is 0 Å². The fraction of sp³-hybridized carbons (Fsp3) is 0.375. The quantitative estimate of drug-likeness (QED) is 0.600. The van der Waals surface area contributed by atoms with Crippen LogP contribution in [0.2, 0.25) is 0 Å². The Balaban J connectivity index is 1.89. The Morgan fingerprint density at radius 2 is 2.13 bits per heavy atom. The number of guanidine groups is 1. The van der Waals surface area contributed by atoms with Crippen molar-refractivity contribution in [3.05, 3.63) is 40.3 Å². The predicted molar refractivity (Wildman–Crippen MR) is 93.4 cm³/mol. The second kappa shape index (κ2) is 8.38. The zero-order valence-corrected chi connectivity index (χ0v) is 14.4. The van der Waals surface area contributed by atoms with Crippen molar-refractivity contribution in [3.8, 4) is 11.5 Å². The van der Waals surface area contributed by atoms with Gasteiger partial charge in [0.2, 0.25) is 0 Å². The topological polar surface area (TPSA) is 81.8 Å². The minimum absolute atomic E-state index is 0.296. The number of aromatic nitrogens is 1. The van der Waals surface area contributed by atoms with Gasteiger partial charge >= 0.3 is 0 Å². The first-order chi connectivity index (χ1) is 11.1. The van der Waals surface area contributed by atoms with Crippen LogP contribution in [0, 0.1) is 0 Å². The number of aliphatic imine (C=N–C) groups is 1. The number of nitrogens with one attached hydrogen (secondary N) is 1. The average molecular weight is 334 g/mol. The third-order valence-corrected chi connectivity index (χ3v) is 4.35. The number of nitrogens with two attached hydrogens (primary N) is 1. The molecule has 1 atom stereocenters. The van der Waals surface area contributed by atoms with Gasteiger partial charge in [0.05, 0.1) is 25.8 Å². The molecule has 0 bridgehead atoms. The summed E-state index contributed by atoms with van der Waals surface area (Å²) >= 11 is 1.64. The van der Waals surface area contributed by atoms with Crippen molar-refractivity contribution >= 4 is 17.3 Å². The van der Waals surface area contributed by atoms with E-state index in [9.17, 15) is 0 Å². The first-order valence-corrected chi connectivity index (χ1v) is 8.16. The van der Waals surface area contributed by atoms with Gasteiger partial charge in [-0.1, -0.05) is 13.0 Å². The zero-order valence-electron chi connectivity index (χ0n) is 13.6. The van der Waals surface area contributed by atoms with Crippen molar-refractivity contribution in [2.45, 2.75) is 19.4 Å². The second-order valence-corrected chi connectivity index (χ2v) is 5.97. The van der Waals surface area contributed by atoms with Gasteiger partial charge in [0.15, 0.2) is 17.5 Å². The molecular weight excluding hydrogens is 312 g/mol. The second-order valence-electron chi connectivity index (χ2n) is 5.04. The lowest BCUT2D eigenvalue weighted by Crippen LogP contribution is -2.34. The Morgan fingerprint density at radius 3 is 2.78 bits per heavy atom. The van der Waals surface area contributed by atoms with Crippen molar-refractivity contribution in [2.75, 3.05) is 20.8 Å². The summed E-state index contributed by atoms with van der Waals surface area (Å²) in [6.45, 7) is 3.28. The van der Waals surface area contributed by atoms with Crippen LogP contribution in [0.3, 0.4) is 0 Å². The normalized spacial score (nSPS) is 12.7. The molecule has 2 aromatic rings. The zero-order chi connectivity index (χ0) is 16.7. The summed E-state index contributed by atoms with van der Waals surface area (Å²) in [5.41, 5.74) is 6.92. The van der Waals surface area contributed by atoms with Crippen LogP contribution in [0.1, 0.15) is 23.4 Å². The van der Waals surface area contributed by atoms with Gasteiger partial charge in [-0.15, -0.1) is 11.3 Å². The number of rotatable bonds is 7. The van der Waals surface area contributed by atoms with E-state index in [1.807, 2.05) is 29.8 Å². The van der Waals surface area contributed by atoms with Gasteiger partial charge < -0.3 is 20.5 Å². The molecular formula is C16H22N4O2S. The van der Waals surface area contributed by atoms with E-state index >= 15 is 0 Å². The highest BCUT2D eigenvalue weighted by Crippen LogP contribution is 2.27. The highest BCUT2D eigenvalue weighted by molar-refractivity contribution is 7.09. The molecule has 1 heterocycles. The SMILES string of the molecule is COc1ccc(CN=C(N)NCC(C)c2nccs2)cc1OC. The molecule has 3 N–H and O–H groups in total. The number of thiazole rings is 1. The van der Waals surface area contributed by atoms with Crippen molar-refractivity contribution in [1.29, 1.82) is 0 Å². The lowest BCUT2D eigenvalue weighted by molar-refractivity contribution is 0.354.